The number of benzene rings is 8. The van der Waals surface area contributed by atoms with Gasteiger partial charge in [-0.1, -0.05) is 152 Å². The van der Waals surface area contributed by atoms with E-state index in [1.807, 2.05) is 0 Å². The summed E-state index contributed by atoms with van der Waals surface area (Å²) in [6.07, 6.45) is 0. The largest absolute Gasteiger partial charge is 0.309 e. The molecule has 0 spiro atoms. The highest BCUT2D eigenvalue weighted by Crippen LogP contribution is 2.41. The highest BCUT2D eigenvalue weighted by molar-refractivity contribution is 6.15. The van der Waals surface area contributed by atoms with Gasteiger partial charge < -0.3 is 9.13 Å². The highest BCUT2D eigenvalue weighted by atomic mass is 15.0. The normalized spacial score (nSPS) is 11.6. The molecule has 2 heteroatoms. The van der Waals surface area contributed by atoms with Crippen LogP contribution in [0.4, 0.5) is 0 Å². The van der Waals surface area contributed by atoms with Gasteiger partial charge in [-0.15, -0.1) is 0 Å². The van der Waals surface area contributed by atoms with Crippen LogP contribution in [0.15, 0.2) is 194 Å². The summed E-state index contributed by atoms with van der Waals surface area (Å²) in [4.78, 5) is 0. The minimum Gasteiger partial charge on any atom is -0.309 e. The van der Waals surface area contributed by atoms with Gasteiger partial charge >= 0.3 is 0 Å². The lowest BCUT2D eigenvalue weighted by atomic mass is 10.00. The third-order valence-electron chi connectivity index (χ3n) is 10.1. The fourth-order valence-corrected chi connectivity index (χ4v) is 7.82. The van der Waals surface area contributed by atoms with Crippen LogP contribution in [-0.2, 0) is 0 Å². The minimum atomic E-state index is 1.15. The summed E-state index contributed by atoms with van der Waals surface area (Å²) < 4.78 is 4.87. The Morgan fingerprint density at radius 3 is 1.52 bits per heavy atom. The first-order valence-electron chi connectivity index (χ1n) is 17.2. The number of aromatic nitrogens is 2. The summed E-state index contributed by atoms with van der Waals surface area (Å²) in [5.41, 5.74) is 14.4. The van der Waals surface area contributed by atoms with Crippen molar-refractivity contribution in [2.45, 2.75) is 0 Å². The molecule has 0 aliphatic carbocycles. The molecular formula is C48H32N2. The Balaban J connectivity index is 1.20. The molecule has 8 aromatic carbocycles. The maximum absolute atomic E-state index is 2.44. The van der Waals surface area contributed by atoms with Crippen LogP contribution < -0.4 is 0 Å². The lowest BCUT2D eigenvalue weighted by molar-refractivity contribution is 1.18. The molecule has 0 radical (unpaired) electrons. The molecule has 2 aromatic heterocycles. The van der Waals surface area contributed by atoms with E-state index in [2.05, 4.69) is 203 Å². The third kappa shape index (κ3) is 4.50. The number of hydrogen-bond acceptors (Lipinski definition) is 0. The zero-order chi connectivity index (χ0) is 33.0. The Bertz CT molecular complexity index is 2840. The predicted molar refractivity (Wildman–Crippen MR) is 211 cm³/mol. The second-order valence-electron chi connectivity index (χ2n) is 13.0. The van der Waals surface area contributed by atoms with E-state index >= 15 is 0 Å². The van der Waals surface area contributed by atoms with E-state index in [1.54, 1.807) is 0 Å². The molecule has 234 valence electrons. The van der Waals surface area contributed by atoms with Gasteiger partial charge in [0.05, 0.1) is 22.1 Å². The summed E-state index contributed by atoms with van der Waals surface area (Å²) in [7, 11) is 0. The van der Waals surface area contributed by atoms with Gasteiger partial charge in [0.1, 0.15) is 0 Å². The van der Waals surface area contributed by atoms with Gasteiger partial charge in [0, 0.05) is 38.5 Å². The zero-order valence-corrected chi connectivity index (χ0v) is 27.4. The van der Waals surface area contributed by atoms with Gasteiger partial charge in [0.2, 0.25) is 0 Å². The van der Waals surface area contributed by atoms with Crippen molar-refractivity contribution < 1.29 is 0 Å². The predicted octanol–water partition coefficient (Wildman–Crippen LogP) is 12.9. The molecule has 0 bridgehead atoms. The Hall–Kier alpha value is -6.64. The monoisotopic (exact) mass is 636 g/mol. The minimum absolute atomic E-state index is 1.15. The second-order valence-corrected chi connectivity index (χ2v) is 13.0. The molecule has 0 N–H and O–H groups in total. The average Bonchev–Trinajstić information content (AvgIpc) is 3.71. The van der Waals surface area contributed by atoms with Crippen molar-refractivity contribution in [2.24, 2.45) is 0 Å². The van der Waals surface area contributed by atoms with E-state index in [0.29, 0.717) is 0 Å². The van der Waals surface area contributed by atoms with Crippen LogP contribution in [0.25, 0.3) is 88.4 Å². The van der Waals surface area contributed by atoms with Gasteiger partial charge in [0.15, 0.2) is 0 Å². The van der Waals surface area contributed by atoms with E-state index in [-0.39, 0.29) is 0 Å². The Kier molecular flexibility index (Phi) is 6.53. The molecular weight excluding hydrogens is 605 g/mol. The topological polar surface area (TPSA) is 9.86 Å². The first-order valence-corrected chi connectivity index (χ1v) is 17.2. The molecule has 50 heavy (non-hydrogen) atoms. The van der Waals surface area contributed by atoms with Crippen molar-refractivity contribution in [3.05, 3.63) is 194 Å². The van der Waals surface area contributed by atoms with Crippen LogP contribution in [-0.4, -0.2) is 9.13 Å². The summed E-state index contributed by atoms with van der Waals surface area (Å²) in [6, 6.07) is 70.4. The molecule has 0 unspecified atom stereocenters. The number of nitrogens with zero attached hydrogens (tertiary/aromatic N) is 2. The lowest BCUT2D eigenvalue weighted by Gasteiger charge is -2.14. The van der Waals surface area contributed by atoms with Crippen LogP contribution >= 0.6 is 0 Å². The van der Waals surface area contributed by atoms with E-state index in [4.69, 9.17) is 0 Å². The van der Waals surface area contributed by atoms with Gasteiger partial charge in [-0.05, 0) is 70.3 Å². The molecule has 2 heterocycles. The maximum atomic E-state index is 2.44. The van der Waals surface area contributed by atoms with E-state index in [0.717, 1.165) is 11.4 Å². The maximum Gasteiger partial charge on any atom is 0.0619 e. The Morgan fingerprint density at radius 2 is 0.780 bits per heavy atom. The quantitative estimate of drug-likeness (QED) is 0.178. The number of rotatable bonds is 5. The first kappa shape index (κ1) is 28.4. The van der Waals surface area contributed by atoms with E-state index in [9.17, 15) is 0 Å². The van der Waals surface area contributed by atoms with Crippen LogP contribution in [0.1, 0.15) is 0 Å². The van der Waals surface area contributed by atoms with Gasteiger partial charge in [0.25, 0.3) is 0 Å². The number of fused-ring (bicyclic) bond motifs is 6. The Morgan fingerprint density at radius 1 is 0.260 bits per heavy atom. The molecule has 0 atom stereocenters. The van der Waals surface area contributed by atoms with Crippen molar-refractivity contribution >= 4 is 43.6 Å². The van der Waals surface area contributed by atoms with Gasteiger partial charge in [-0.3, -0.25) is 0 Å². The fraction of sp³-hybridized carbons (Fsp3) is 0. The number of hydrogen-bond donors (Lipinski definition) is 0. The van der Waals surface area contributed by atoms with Crippen molar-refractivity contribution in [1.29, 1.82) is 0 Å². The molecule has 2 nitrogen and oxygen atoms in total. The highest BCUT2D eigenvalue weighted by Gasteiger charge is 2.19. The lowest BCUT2D eigenvalue weighted by Crippen LogP contribution is -1.96. The molecule has 0 saturated heterocycles. The molecule has 0 aliphatic rings. The van der Waals surface area contributed by atoms with E-state index in [1.165, 1.54) is 77.0 Å². The first-order chi connectivity index (χ1) is 24.8. The zero-order valence-electron chi connectivity index (χ0n) is 27.4. The van der Waals surface area contributed by atoms with Crippen LogP contribution in [0.5, 0.6) is 0 Å². The summed E-state index contributed by atoms with van der Waals surface area (Å²) >= 11 is 0. The SMILES string of the molecule is c1ccc(-c2ccc(-n3c4ccccc4c4cccc(-c5ccc6c7ccccc7n(-c7cccc(-c8ccccc8)c7)c6c5)c43)cc2)cc1. The fourth-order valence-electron chi connectivity index (χ4n) is 7.82. The molecule has 0 amide bonds. The summed E-state index contributed by atoms with van der Waals surface area (Å²) in [5.74, 6) is 0. The summed E-state index contributed by atoms with van der Waals surface area (Å²) in [6.45, 7) is 0. The van der Waals surface area contributed by atoms with Crippen molar-refractivity contribution in [3.8, 4) is 44.8 Å². The number of para-hydroxylation sites is 3. The average molecular weight is 637 g/mol. The molecule has 0 fully saturated rings. The standard InChI is InChI=1S/C48H32N2/c1-3-13-33(14-4-1)35-25-28-38(29-26-35)50-46-24-10-8-20-42(46)44-22-12-21-40(48(44)50)37-27-30-43-41-19-7-9-23-45(41)49(47(43)32-37)39-18-11-17-36(31-39)34-15-5-2-6-16-34/h1-32H. The van der Waals surface area contributed by atoms with Gasteiger partial charge in [-0.25, -0.2) is 0 Å². The third-order valence-corrected chi connectivity index (χ3v) is 10.1. The second kappa shape index (κ2) is 11.5. The smallest absolute Gasteiger partial charge is 0.0619 e. The van der Waals surface area contributed by atoms with Crippen molar-refractivity contribution in [2.75, 3.05) is 0 Å². The van der Waals surface area contributed by atoms with Crippen molar-refractivity contribution in [1.82, 2.24) is 9.13 Å². The van der Waals surface area contributed by atoms with Crippen molar-refractivity contribution in [3.63, 3.8) is 0 Å². The molecule has 10 rings (SSSR count). The van der Waals surface area contributed by atoms with E-state index < -0.39 is 0 Å². The summed E-state index contributed by atoms with van der Waals surface area (Å²) in [5, 5.41) is 5.01. The molecule has 0 aliphatic heterocycles. The van der Waals surface area contributed by atoms with Crippen LogP contribution in [0.3, 0.4) is 0 Å². The van der Waals surface area contributed by atoms with Crippen LogP contribution in [0, 0.1) is 0 Å². The molecule has 0 saturated carbocycles. The van der Waals surface area contributed by atoms with Gasteiger partial charge in [-0.2, -0.15) is 0 Å². The molecule has 10 aromatic rings. The Labute approximate surface area is 290 Å². The van der Waals surface area contributed by atoms with Crippen LogP contribution in [0.2, 0.25) is 0 Å².